The summed E-state index contributed by atoms with van der Waals surface area (Å²) in [5.41, 5.74) is 0.900. The summed E-state index contributed by atoms with van der Waals surface area (Å²) in [6.07, 6.45) is 1.95. The average molecular weight is 607 g/mol. The second-order valence-corrected chi connectivity index (χ2v) is 12.5. The zero-order chi connectivity index (χ0) is 31.3. The number of hydrogen-bond acceptors (Lipinski definition) is 7. The van der Waals surface area contributed by atoms with Gasteiger partial charge < -0.3 is 29.7 Å². The fraction of sp³-hybridized carbons (Fsp3) is 0.559. The van der Waals surface area contributed by atoms with Crippen LogP contribution >= 0.6 is 0 Å². The molecule has 3 aliphatic rings. The molecule has 2 aromatic carbocycles. The molecular weight excluding hydrogens is 560 g/mol. The van der Waals surface area contributed by atoms with Gasteiger partial charge in [0.05, 0.1) is 19.3 Å². The van der Waals surface area contributed by atoms with Crippen LogP contribution in [0.15, 0.2) is 48.5 Å². The fourth-order valence-corrected chi connectivity index (χ4v) is 6.35. The van der Waals surface area contributed by atoms with E-state index in [1.165, 1.54) is 0 Å². The highest BCUT2D eigenvalue weighted by Crippen LogP contribution is 2.35. The molecule has 3 aliphatic heterocycles. The van der Waals surface area contributed by atoms with Crippen LogP contribution in [-0.4, -0.2) is 101 Å². The lowest BCUT2D eigenvalue weighted by atomic mass is 9.80. The number of ether oxygens (including phenoxy) is 2. The first-order chi connectivity index (χ1) is 21.2. The van der Waals surface area contributed by atoms with E-state index in [9.17, 15) is 19.5 Å². The van der Waals surface area contributed by atoms with Gasteiger partial charge in [-0.15, -0.1) is 0 Å². The maximum absolute atomic E-state index is 13.5. The van der Waals surface area contributed by atoms with Gasteiger partial charge in [-0.2, -0.15) is 0 Å². The average Bonchev–Trinajstić information content (AvgIpc) is 3.04. The zero-order valence-corrected chi connectivity index (χ0v) is 26.2. The molecule has 0 aromatic heterocycles. The molecule has 3 fully saturated rings. The van der Waals surface area contributed by atoms with E-state index in [0.29, 0.717) is 75.8 Å². The molecule has 10 heteroatoms. The summed E-state index contributed by atoms with van der Waals surface area (Å²) in [4.78, 5) is 45.7. The minimum absolute atomic E-state index is 0.00587. The van der Waals surface area contributed by atoms with Gasteiger partial charge in [0.1, 0.15) is 23.1 Å². The van der Waals surface area contributed by atoms with Crippen LogP contribution in [-0.2, 0) is 20.9 Å². The minimum Gasteiger partial charge on any atom is -0.457 e. The third-order valence-corrected chi connectivity index (χ3v) is 9.17. The van der Waals surface area contributed by atoms with Gasteiger partial charge in [0.15, 0.2) is 0 Å². The summed E-state index contributed by atoms with van der Waals surface area (Å²) < 4.78 is 11.4. The van der Waals surface area contributed by atoms with Gasteiger partial charge in [-0.25, -0.2) is 0 Å². The van der Waals surface area contributed by atoms with Gasteiger partial charge in [0.2, 0.25) is 11.8 Å². The van der Waals surface area contributed by atoms with Gasteiger partial charge in [0.25, 0.3) is 5.91 Å². The van der Waals surface area contributed by atoms with Gasteiger partial charge >= 0.3 is 0 Å². The van der Waals surface area contributed by atoms with Crippen molar-refractivity contribution >= 4 is 17.7 Å². The van der Waals surface area contributed by atoms with Crippen molar-refractivity contribution in [3.63, 3.8) is 0 Å². The quantitative estimate of drug-likeness (QED) is 0.426. The number of carbonyl (C=O) groups excluding carboxylic acids is 3. The number of aliphatic hydroxyl groups is 1. The van der Waals surface area contributed by atoms with Crippen LogP contribution < -0.4 is 10.1 Å². The molecule has 44 heavy (non-hydrogen) atoms. The van der Waals surface area contributed by atoms with Crippen LogP contribution in [0.25, 0.3) is 0 Å². The highest BCUT2D eigenvalue weighted by Gasteiger charge is 2.54. The molecule has 2 atom stereocenters. The third kappa shape index (κ3) is 6.92. The van der Waals surface area contributed by atoms with E-state index in [2.05, 4.69) is 17.1 Å². The molecule has 5 rings (SSSR count). The van der Waals surface area contributed by atoms with Crippen molar-refractivity contribution in [2.45, 2.75) is 70.7 Å². The van der Waals surface area contributed by atoms with Gasteiger partial charge in [0, 0.05) is 44.8 Å². The smallest absolute Gasteiger partial charge is 0.254 e. The predicted molar refractivity (Wildman–Crippen MR) is 166 cm³/mol. The van der Waals surface area contributed by atoms with Crippen LogP contribution in [0.2, 0.25) is 0 Å². The Morgan fingerprint density at radius 2 is 1.61 bits per heavy atom. The number of aliphatic hydroxyl groups excluding tert-OH is 1. The summed E-state index contributed by atoms with van der Waals surface area (Å²) in [7, 11) is 0. The normalized spacial score (nSPS) is 21.4. The molecule has 0 bridgehead atoms. The summed E-state index contributed by atoms with van der Waals surface area (Å²) in [6, 6.07) is 14.3. The number of nitrogens with one attached hydrogen (secondary N) is 1. The van der Waals surface area contributed by atoms with E-state index in [-0.39, 0.29) is 23.6 Å². The lowest BCUT2D eigenvalue weighted by Gasteiger charge is -2.52. The minimum atomic E-state index is -0.913. The third-order valence-electron chi connectivity index (χ3n) is 9.17. The van der Waals surface area contributed by atoms with Gasteiger partial charge in [-0.3, -0.25) is 19.3 Å². The molecule has 238 valence electrons. The van der Waals surface area contributed by atoms with Crippen molar-refractivity contribution in [3.8, 4) is 11.5 Å². The Morgan fingerprint density at radius 1 is 1.00 bits per heavy atom. The summed E-state index contributed by atoms with van der Waals surface area (Å²) in [5, 5.41) is 13.5. The number of piperazine rings is 1. The maximum atomic E-state index is 13.5. The van der Waals surface area contributed by atoms with Crippen LogP contribution in [0.5, 0.6) is 11.5 Å². The van der Waals surface area contributed by atoms with E-state index >= 15 is 0 Å². The molecule has 3 saturated heterocycles. The molecular formula is C34H46N4O6. The van der Waals surface area contributed by atoms with Crippen molar-refractivity contribution in [3.05, 3.63) is 59.7 Å². The molecule has 0 radical (unpaired) electrons. The Hall–Kier alpha value is -3.47. The summed E-state index contributed by atoms with van der Waals surface area (Å²) in [6.45, 7) is 10.8. The molecule has 2 N–H and O–H groups in total. The first-order valence-electron chi connectivity index (χ1n) is 16.0. The number of morpholine rings is 1. The van der Waals surface area contributed by atoms with E-state index in [0.717, 1.165) is 24.9 Å². The second kappa shape index (κ2) is 14.1. The number of nitrogens with zero attached hydrogens (tertiary/aromatic N) is 3. The SMILES string of the molecule is CCCCN1C(=O)[C@@H]([C@H](O)C(C)C)NC(=O)C12CCN(Cc1ccc(Oc3ccc(C(=O)N4CCOCC4)cc3)cc1)CC2. The molecule has 3 amide bonds. The van der Waals surface area contributed by atoms with Crippen LogP contribution in [0.4, 0.5) is 0 Å². The highest BCUT2D eigenvalue weighted by molar-refractivity contribution is 6.00. The van der Waals surface area contributed by atoms with Gasteiger partial charge in [-0.1, -0.05) is 39.3 Å². The van der Waals surface area contributed by atoms with Crippen LogP contribution in [0, 0.1) is 5.92 Å². The molecule has 3 heterocycles. The van der Waals surface area contributed by atoms with Crippen LogP contribution in [0.3, 0.4) is 0 Å². The lowest BCUT2D eigenvalue weighted by Crippen LogP contribution is -2.74. The molecule has 2 aromatic rings. The van der Waals surface area contributed by atoms with Crippen LogP contribution in [0.1, 0.15) is 62.4 Å². The Bertz CT molecular complexity index is 1280. The summed E-state index contributed by atoms with van der Waals surface area (Å²) in [5.74, 6) is 0.932. The van der Waals surface area contributed by atoms with E-state index in [4.69, 9.17) is 9.47 Å². The van der Waals surface area contributed by atoms with Crippen molar-refractivity contribution in [1.82, 2.24) is 20.0 Å². The molecule has 1 spiro atoms. The molecule has 0 unspecified atom stereocenters. The van der Waals surface area contributed by atoms with Crippen molar-refractivity contribution in [2.24, 2.45) is 5.92 Å². The van der Waals surface area contributed by atoms with Crippen molar-refractivity contribution in [1.29, 1.82) is 0 Å². The number of carbonyl (C=O) groups is 3. The standard InChI is InChI=1S/C34H46N4O6/c1-4-5-16-38-32(41)29(30(39)24(2)3)35-33(42)34(38)14-17-36(18-15-34)23-25-6-10-27(11-7-25)44-28-12-8-26(9-13-28)31(40)37-19-21-43-22-20-37/h6-13,24,29-30,39H,4-5,14-23H2,1-3H3,(H,35,42)/t29-,30-/m1/s1. The highest BCUT2D eigenvalue weighted by atomic mass is 16.5. The Morgan fingerprint density at radius 3 is 2.20 bits per heavy atom. The number of likely N-dealkylation sites (tertiary alicyclic amines) is 1. The Kier molecular flexibility index (Phi) is 10.2. The monoisotopic (exact) mass is 606 g/mol. The number of benzene rings is 2. The number of hydrogen-bond donors (Lipinski definition) is 2. The molecule has 0 aliphatic carbocycles. The van der Waals surface area contributed by atoms with Gasteiger partial charge in [-0.05, 0) is 67.1 Å². The summed E-state index contributed by atoms with van der Waals surface area (Å²) >= 11 is 0. The number of amides is 3. The van der Waals surface area contributed by atoms with E-state index in [1.807, 2.05) is 50.2 Å². The Labute approximate surface area is 260 Å². The largest absolute Gasteiger partial charge is 0.457 e. The van der Waals surface area contributed by atoms with E-state index in [1.54, 1.807) is 21.9 Å². The first-order valence-corrected chi connectivity index (χ1v) is 16.0. The van der Waals surface area contributed by atoms with Crippen molar-refractivity contribution in [2.75, 3.05) is 45.9 Å². The fourth-order valence-electron chi connectivity index (χ4n) is 6.35. The lowest BCUT2D eigenvalue weighted by molar-refractivity contribution is -0.165. The topological polar surface area (TPSA) is 112 Å². The maximum Gasteiger partial charge on any atom is 0.254 e. The first kappa shape index (κ1) is 31.9. The number of rotatable bonds is 10. The number of piperidine rings is 1. The number of unbranched alkanes of at least 4 members (excludes halogenated alkanes) is 1. The second-order valence-electron chi connectivity index (χ2n) is 12.5. The molecule has 0 saturated carbocycles. The Balaban J connectivity index is 1.16. The van der Waals surface area contributed by atoms with E-state index < -0.39 is 17.7 Å². The predicted octanol–water partition coefficient (Wildman–Crippen LogP) is 3.43. The molecule has 10 nitrogen and oxygen atoms in total. The zero-order valence-electron chi connectivity index (χ0n) is 26.2. The van der Waals surface area contributed by atoms with Crippen molar-refractivity contribution < 1.29 is 29.0 Å².